The topological polar surface area (TPSA) is 56.8 Å². The van der Waals surface area contributed by atoms with Gasteiger partial charge in [0.05, 0.1) is 0 Å². The lowest BCUT2D eigenvalue weighted by molar-refractivity contribution is -0.118. The van der Waals surface area contributed by atoms with Gasteiger partial charge in [0.1, 0.15) is 19.0 Å². The number of ether oxygens (including phenoxy) is 3. The number of hydrogen-bond acceptors (Lipinski definition) is 4. The molecule has 1 heterocycles. The number of benzene rings is 2. The van der Waals surface area contributed by atoms with Crippen molar-refractivity contribution < 1.29 is 19.0 Å². The van der Waals surface area contributed by atoms with Gasteiger partial charge in [-0.3, -0.25) is 4.79 Å². The van der Waals surface area contributed by atoms with Crippen molar-refractivity contribution in [3.05, 3.63) is 46.4 Å². The van der Waals surface area contributed by atoms with E-state index in [1.54, 1.807) is 18.2 Å². The number of hydrogen-bond donors (Lipinski definition) is 1. The SMILES string of the molecule is Cc1cc(OCC(=O)Nc2ccc3c(c2)OCCO3)ccc1Br. The highest BCUT2D eigenvalue weighted by Gasteiger charge is 2.13. The summed E-state index contributed by atoms with van der Waals surface area (Å²) in [7, 11) is 0. The van der Waals surface area contributed by atoms with Crippen LogP contribution < -0.4 is 19.5 Å². The largest absolute Gasteiger partial charge is 0.486 e. The molecule has 23 heavy (non-hydrogen) atoms. The molecule has 0 saturated carbocycles. The molecule has 6 heteroatoms. The molecule has 3 rings (SSSR count). The van der Waals surface area contributed by atoms with E-state index in [2.05, 4.69) is 21.2 Å². The fourth-order valence-electron chi connectivity index (χ4n) is 2.17. The van der Waals surface area contributed by atoms with Crippen LogP contribution >= 0.6 is 15.9 Å². The molecular formula is C17H16BrNO4. The first kappa shape index (κ1) is 15.7. The molecule has 0 bridgehead atoms. The molecule has 0 aliphatic carbocycles. The number of amides is 1. The highest BCUT2D eigenvalue weighted by atomic mass is 79.9. The summed E-state index contributed by atoms with van der Waals surface area (Å²) in [5.74, 6) is 1.75. The number of rotatable bonds is 4. The van der Waals surface area contributed by atoms with Crippen LogP contribution in [-0.4, -0.2) is 25.7 Å². The minimum absolute atomic E-state index is 0.0600. The van der Waals surface area contributed by atoms with Gasteiger partial charge in [-0.25, -0.2) is 0 Å². The maximum atomic E-state index is 12.0. The quantitative estimate of drug-likeness (QED) is 0.884. The Morgan fingerprint density at radius 3 is 2.74 bits per heavy atom. The maximum absolute atomic E-state index is 12.0. The summed E-state index contributed by atoms with van der Waals surface area (Å²) in [4.78, 5) is 12.0. The highest BCUT2D eigenvalue weighted by Crippen LogP contribution is 2.32. The van der Waals surface area contributed by atoms with E-state index >= 15 is 0 Å². The van der Waals surface area contributed by atoms with Gasteiger partial charge in [0.2, 0.25) is 0 Å². The summed E-state index contributed by atoms with van der Waals surface area (Å²) < 4.78 is 17.4. The van der Waals surface area contributed by atoms with Crippen molar-refractivity contribution in [2.45, 2.75) is 6.92 Å². The van der Waals surface area contributed by atoms with Gasteiger partial charge >= 0.3 is 0 Å². The number of aryl methyl sites for hydroxylation is 1. The molecule has 0 atom stereocenters. The smallest absolute Gasteiger partial charge is 0.262 e. The van der Waals surface area contributed by atoms with Crippen LogP contribution in [0.5, 0.6) is 17.2 Å². The van der Waals surface area contributed by atoms with Crippen LogP contribution in [0.2, 0.25) is 0 Å². The number of carbonyl (C=O) groups excluding carboxylic acids is 1. The Bertz CT molecular complexity index is 733. The lowest BCUT2D eigenvalue weighted by atomic mass is 10.2. The fourth-order valence-corrected chi connectivity index (χ4v) is 2.42. The van der Waals surface area contributed by atoms with Crippen molar-refractivity contribution in [1.29, 1.82) is 0 Å². The zero-order valence-corrected chi connectivity index (χ0v) is 14.2. The minimum Gasteiger partial charge on any atom is -0.486 e. The van der Waals surface area contributed by atoms with E-state index in [1.165, 1.54) is 0 Å². The van der Waals surface area contributed by atoms with E-state index in [9.17, 15) is 4.79 Å². The van der Waals surface area contributed by atoms with Gasteiger partial charge in [-0.1, -0.05) is 15.9 Å². The summed E-state index contributed by atoms with van der Waals surface area (Å²) in [5.41, 5.74) is 1.70. The lowest BCUT2D eigenvalue weighted by Crippen LogP contribution is -2.20. The van der Waals surface area contributed by atoms with Gasteiger partial charge in [0.15, 0.2) is 18.1 Å². The maximum Gasteiger partial charge on any atom is 0.262 e. The van der Waals surface area contributed by atoms with Crippen LogP contribution in [-0.2, 0) is 4.79 Å². The summed E-state index contributed by atoms with van der Waals surface area (Å²) in [5, 5.41) is 2.78. The molecule has 1 amide bonds. The van der Waals surface area contributed by atoms with E-state index in [1.807, 2.05) is 25.1 Å². The molecule has 1 N–H and O–H groups in total. The molecule has 0 radical (unpaired) electrons. The average molecular weight is 378 g/mol. The molecule has 2 aromatic rings. The first-order valence-electron chi connectivity index (χ1n) is 7.20. The van der Waals surface area contributed by atoms with Crippen molar-refractivity contribution in [1.82, 2.24) is 0 Å². The zero-order valence-electron chi connectivity index (χ0n) is 12.6. The molecular weight excluding hydrogens is 362 g/mol. The Kier molecular flexibility index (Phi) is 4.71. The number of carbonyl (C=O) groups is 1. The van der Waals surface area contributed by atoms with Crippen molar-refractivity contribution in [2.24, 2.45) is 0 Å². The molecule has 2 aromatic carbocycles. The van der Waals surface area contributed by atoms with Crippen molar-refractivity contribution in [3.8, 4) is 17.2 Å². The third kappa shape index (κ3) is 3.96. The number of anilines is 1. The average Bonchev–Trinajstić information content (AvgIpc) is 2.56. The van der Waals surface area contributed by atoms with Crippen molar-refractivity contribution in [2.75, 3.05) is 25.1 Å². The van der Waals surface area contributed by atoms with E-state index in [4.69, 9.17) is 14.2 Å². The normalized spacial score (nSPS) is 12.6. The number of halogens is 1. The Morgan fingerprint density at radius 2 is 1.96 bits per heavy atom. The first-order valence-corrected chi connectivity index (χ1v) is 7.99. The summed E-state index contributed by atoms with van der Waals surface area (Å²) in [6, 6.07) is 10.9. The molecule has 0 unspecified atom stereocenters. The molecule has 0 aromatic heterocycles. The van der Waals surface area contributed by atoms with E-state index in [-0.39, 0.29) is 12.5 Å². The molecule has 1 aliphatic heterocycles. The molecule has 0 spiro atoms. The summed E-state index contributed by atoms with van der Waals surface area (Å²) in [6.07, 6.45) is 0. The van der Waals surface area contributed by atoms with E-state index in [0.717, 1.165) is 10.0 Å². The first-order chi connectivity index (χ1) is 11.1. The monoisotopic (exact) mass is 377 g/mol. The fraction of sp³-hybridized carbons (Fsp3) is 0.235. The molecule has 0 fully saturated rings. The van der Waals surface area contributed by atoms with Crippen LogP contribution in [0.4, 0.5) is 5.69 Å². The second-order valence-electron chi connectivity index (χ2n) is 5.11. The Hall–Kier alpha value is -2.21. The van der Waals surface area contributed by atoms with Gasteiger partial charge in [0.25, 0.3) is 5.91 Å². The Labute approximate surface area is 142 Å². The Morgan fingerprint density at radius 1 is 1.17 bits per heavy atom. The third-order valence-electron chi connectivity index (χ3n) is 3.33. The number of nitrogens with one attached hydrogen (secondary N) is 1. The molecule has 0 saturated heterocycles. The standard InChI is InChI=1S/C17H16BrNO4/c1-11-8-13(3-4-14(11)18)23-10-17(20)19-12-2-5-15-16(9-12)22-7-6-21-15/h2-5,8-9H,6-7,10H2,1H3,(H,19,20). The summed E-state index contributed by atoms with van der Waals surface area (Å²) in [6.45, 7) is 2.96. The van der Waals surface area contributed by atoms with Crippen LogP contribution in [0.25, 0.3) is 0 Å². The second-order valence-corrected chi connectivity index (χ2v) is 5.96. The van der Waals surface area contributed by atoms with E-state index in [0.29, 0.717) is 36.1 Å². The van der Waals surface area contributed by atoms with Crippen LogP contribution in [0.1, 0.15) is 5.56 Å². The lowest BCUT2D eigenvalue weighted by Gasteiger charge is -2.19. The molecule has 5 nitrogen and oxygen atoms in total. The third-order valence-corrected chi connectivity index (χ3v) is 4.22. The van der Waals surface area contributed by atoms with Gasteiger partial charge in [-0.15, -0.1) is 0 Å². The summed E-state index contributed by atoms with van der Waals surface area (Å²) >= 11 is 3.43. The van der Waals surface area contributed by atoms with Gasteiger partial charge in [-0.05, 0) is 42.8 Å². The molecule has 120 valence electrons. The highest BCUT2D eigenvalue weighted by molar-refractivity contribution is 9.10. The van der Waals surface area contributed by atoms with Crippen LogP contribution in [0.15, 0.2) is 40.9 Å². The van der Waals surface area contributed by atoms with E-state index < -0.39 is 0 Å². The predicted molar refractivity (Wildman–Crippen MR) is 90.4 cm³/mol. The molecule has 1 aliphatic rings. The predicted octanol–water partition coefficient (Wildman–Crippen LogP) is 3.55. The zero-order chi connectivity index (χ0) is 16.2. The van der Waals surface area contributed by atoms with Crippen molar-refractivity contribution >= 4 is 27.5 Å². The Balaban J connectivity index is 1.57. The van der Waals surface area contributed by atoms with Gasteiger partial charge in [0, 0.05) is 16.2 Å². The minimum atomic E-state index is -0.234. The second kappa shape index (κ2) is 6.91. The van der Waals surface area contributed by atoms with Crippen LogP contribution in [0.3, 0.4) is 0 Å². The van der Waals surface area contributed by atoms with Crippen LogP contribution in [0, 0.1) is 6.92 Å². The number of fused-ring (bicyclic) bond motifs is 1. The van der Waals surface area contributed by atoms with Gasteiger partial charge in [-0.2, -0.15) is 0 Å². The van der Waals surface area contributed by atoms with Crippen molar-refractivity contribution in [3.63, 3.8) is 0 Å². The van der Waals surface area contributed by atoms with Gasteiger partial charge < -0.3 is 19.5 Å².